The van der Waals surface area contributed by atoms with Gasteiger partial charge in [-0.2, -0.15) is 0 Å². The number of carbonyl (C=O) groups excluding carboxylic acids is 3. The number of hydrogen-bond acceptors (Lipinski definition) is 5. The van der Waals surface area contributed by atoms with E-state index in [1.165, 1.54) is 0 Å². The third-order valence-corrected chi connectivity index (χ3v) is 6.11. The van der Waals surface area contributed by atoms with E-state index < -0.39 is 0 Å². The van der Waals surface area contributed by atoms with Crippen LogP contribution in [0.25, 0.3) is 0 Å². The number of benzene rings is 3. The Morgan fingerprint density at radius 2 is 1.65 bits per heavy atom. The molecular formula is C29H32N4O4. The summed E-state index contributed by atoms with van der Waals surface area (Å²) >= 11 is 0. The molecule has 3 aromatic rings. The molecule has 0 aliphatic carbocycles. The fraction of sp³-hybridized carbons (Fsp3) is 0.276. The highest BCUT2D eigenvalue weighted by molar-refractivity contribution is 6.07. The number of anilines is 3. The molecule has 3 amide bonds. The Bertz CT molecular complexity index is 1230. The molecule has 0 spiro atoms. The molecule has 1 saturated heterocycles. The van der Waals surface area contributed by atoms with Crippen molar-refractivity contribution in [2.45, 2.75) is 25.9 Å². The molecule has 0 radical (unpaired) electrons. The average Bonchev–Trinajstić information content (AvgIpc) is 3.46. The van der Waals surface area contributed by atoms with Crippen LogP contribution in [-0.2, 0) is 9.53 Å². The number of rotatable bonds is 10. The lowest BCUT2D eigenvalue weighted by Crippen LogP contribution is -2.31. The van der Waals surface area contributed by atoms with Crippen molar-refractivity contribution in [2.75, 3.05) is 41.8 Å². The first kappa shape index (κ1) is 25.9. The van der Waals surface area contributed by atoms with E-state index in [1.807, 2.05) is 37.3 Å². The molecule has 0 saturated carbocycles. The van der Waals surface area contributed by atoms with Gasteiger partial charge in [0.1, 0.15) is 0 Å². The molecule has 3 aromatic carbocycles. The van der Waals surface area contributed by atoms with Crippen LogP contribution in [0.1, 0.15) is 40.5 Å². The fourth-order valence-corrected chi connectivity index (χ4v) is 4.21. The average molecular weight is 501 g/mol. The molecule has 8 nitrogen and oxygen atoms in total. The second-order valence-corrected chi connectivity index (χ2v) is 8.79. The maximum Gasteiger partial charge on any atom is 0.258 e. The van der Waals surface area contributed by atoms with Gasteiger partial charge in [-0.25, -0.2) is 0 Å². The van der Waals surface area contributed by atoms with Crippen molar-refractivity contribution < 1.29 is 19.1 Å². The lowest BCUT2D eigenvalue weighted by Gasteiger charge is -2.21. The normalized spacial score (nSPS) is 14.6. The predicted molar refractivity (Wildman–Crippen MR) is 145 cm³/mol. The minimum absolute atomic E-state index is 0.00423. The van der Waals surface area contributed by atoms with Gasteiger partial charge in [0.2, 0.25) is 5.91 Å². The van der Waals surface area contributed by atoms with Gasteiger partial charge in [-0.1, -0.05) is 30.3 Å². The second kappa shape index (κ2) is 12.7. The highest BCUT2D eigenvalue weighted by Crippen LogP contribution is 2.19. The number of nitrogens with one attached hydrogen (secondary N) is 3. The molecule has 0 aromatic heterocycles. The molecule has 8 heteroatoms. The first-order valence-corrected chi connectivity index (χ1v) is 12.5. The van der Waals surface area contributed by atoms with Crippen molar-refractivity contribution in [1.82, 2.24) is 5.32 Å². The van der Waals surface area contributed by atoms with Gasteiger partial charge in [-0.05, 0) is 68.3 Å². The maximum atomic E-state index is 13.1. The number of nitrogens with zero attached hydrogens (tertiary/aromatic N) is 1. The molecule has 1 unspecified atom stereocenters. The Labute approximate surface area is 217 Å². The largest absolute Gasteiger partial charge is 0.376 e. The summed E-state index contributed by atoms with van der Waals surface area (Å²) in [5.74, 6) is -0.590. The van der Waals surface area contributed by atoms with E-state index >= 15 is 0 Å². The Hall–Kier alpha value is -4.17. The Balaban J connectivity index is 1.31. The molecule has 1 aliphatic heterocycles. The highest BCUT2D eigenvalue weighted by atomic mass is 16.5. The van der Waals surface area contributed by atoms with Crippen molar-refractivity contribution in [1.29, 1.82) is 0 Å². The summed E-state index contributed by atoms with van der Waals surface area (Å²) in [6.07, 6.45) is 2.05. The zero-order valence-corrected chi connectivity index (χ0v) is 20.9. The van der Waals surface area contributed by atoms with Crippen molar-refractivity contribution in [3.63, 3.8) is 0 Å². The van der Waals surface area contributed by atoms with E-state index in [9.17, 15) is 14.4 Å². The van der Waals surface area contributed by atoms with Crippen LogP contribution >= 0.6 is 0 Å². The van der Waals surface area contributed by atoms with E-state index in [4.69, 9.17) is 4.74 Å². The third kappa shape index (κ3) is 7.17. The van der Waals surface area contributed by atoms with Gasteiger partial charge < -0.3 is 25.6 Å². The van der Waals surface area contributed by atoms with Crippen molar-refractivity contribution in [3.8, 4) is 0 Å². The van der Waals surface area contributed by atoms with Crippen LogP contribution in [0.2, 0.25) is 0 Å². The fourth-order valence-electron chi connectivity index (χ4n) is 4.21. The van der Waals surface area contributed by atoms with E-state index in [0.717, 1.165) is 25.1 Å². The van der Waals surface area contributed by atoms with E-state index in [-0.39, 0.29) is 30.4 Å². The molecule has 37 heavy (non-hydrogen) atoms. The highest BCUT2D eigenvalue weighted by Gasteiger charge is 2.18. The van der Waals surface area contributed by atoms with Crippen molar-refractivity contribution in [2.24, 2.45) is 0 Å². The Kier molecular flexibility index (Phi) is 8.89. The lowest BCUT2D eigenvalue weighted by molar-refractivity contribution is -0.114. The number of ether oxygens (including phenoxy) is 1. The van der Waals surface area contributed by atoms with Gasteiger partial charge in [0, 0.05) is 47.9 Å². The standard InChI is InChI=1S/C29H32N4O4/c1-2-33(25-13-4-3-5-14-25)29(36)22-10-7-12-24(18-22)32-27(34)20-30-23-11-6-9-21(17-23)28(35)31-19-26-15-8-16-37-26/h3-7,9-14,17-18,26,30H,2,8,15-16,19-20H2,1H3,(H,31,35)(H,32,34). The monoisotopic (exact) mass is 500 g/mol. The van der Waals surface area contributed by atoms with Crippen LogP contribution in [0.15, 0.2) is 78.9 Å². The smallest absolute Gasteiger partial charge is 0.258 e. The summed E-state index contributed by atoms with van der Waals surface area (Å²) in [5, 5.41) is 8.78. The van der Waals surface area contributed by atoms with Gasteiger partial charge >= 0.3 is 0 Å². The van der Waals surface area contributed by atoms with E-state index in [1.54, 1.807) is 53.4 Å². The summed E-state index contributed by atoms with van der Waals surface area (Å²) in [6, 6.07) is 23.4. The second-order valence-electron chi connectivity index (χ2n) is 8.79. The van der Waals surface area contributed by atoms with E-state index in [0.29, 0.717) is 35.6 Å². The SMILES string of the molecule is CCN(C(=O)c1cccc(NC(=O)CNc2cccc(C(=O)NCC3CCCO3)c2)c1)c1ccccc1. The lowest BCUT2D eigenvalue weighted by atomic mass is 10.1. The molecule has 0 bridgehead atoms. The molecular weight excluding hydrogens is 468 g/mol. The topological polar surface area (TPSA) is 99.8 Å². The predicted octanol–water partition coefficient (Wildman–Crippen LogP) is 4.31. The van der Waals surface area contributed by atoms with Gasteiger partial charge in [-0.3, -0.25) is 14.4 Å². The number of amides is 3. The van der Waals surface area contributed by atoms with Gasteiger partial charge in [0.15, 0.2) is 0 Å². The summed E-state index contributed by atoms with van der Waals surface area (Å²) in [6.45, 7) is 3.68. The zero-order chi connectivity index (χ0) is 26.0. The molecule has 192 valence electrons. The van der Waals surface area contributed by atoms with Crippen LogP contribution in [0.4, 0.5) is 17.1 Å². The van der Waals surface area contributed by atoms with Gasteiger partial charge in [-0.15, -0.1) is 0 Å². The minimum atomic E-state index is -0.270. The first-order valence-electron chi connectivity index (χ1n) is 12.5. The quantitative estimate of drug-likeness (QED) is 0.385. The molecule has 3 N–H and O–H groups in total. The summed E-state index contributed by atoms with van der Waals surface area (Å²) < 4.78 is 5.54. The first-order chi connectivity index (χ1) is 18.0. The molecule has 1 fully saturated rings. The molecule has 1 aliphatic rings. The maximum absolute atomic E-state index is 13.1. The Morgan fingerprint density at radius 3 is 2.38 bits per heavy atom. The minimum Gasteiger partial charge on any atom is -0.376 e. The van der Waals surface area contributed by atoms with Crippen molar-refractivity contribution in [3.05, 3.63) is 90.0 Å². The van der Waals surface area contributed by atoms with Crippen LogP contribution < -0.4 is 20.9 Å². The number of carbonyl (C=O) groups is 3. The summed E-state index contributed by atoms with van der Waals surface area (Å²) in [7, 11) is 0. The number of para-hydroxylation sites is 1. The van der Waals surface area contributed by atoms with E-state index in [2.05, 4.69) is 16.0 Å². The summed E-state index contributed by atoms with van der Waals surface area (Å²) in [4.78, 5) is 39.8. The van der Waals surface area contributed by atoms with Gasteiger partial charge in [0.25, 0.3) is 11.8 Å². The van der Waals surface area contributed by atoms with Crippen LogP contribution in [-0.4, -0.2) is 50.1 Å². The number of hydrogen-bond donors (Lipinski definition) is 3. The third-order valence-electron chi connectivity index (χ3n) is 6.11. The van der Waals surface area contributed by atoms with Crippen LogP contribution in [0.3, 0.4) is 0 Å². The molecule has 1 heterocycles. The van der Waals surface area contributed by atoms with Crippen LogP contribution in [0, 0.1) is 0 Å². The van der Waals surface area contributed by atoms with Gasteiger partial charge in [0.05, 0.1) is 12.6 Å². The molecule has 1 atom stereocenters. The molecule has 4 rings (SSSR count). The van der Waals surface area contributed by atoms with Crippen LogP contribution in [0.5, 0.6) is 0 Å². The summed E-state index contributed by atoms with van der Waals surface area (Å²) in [5.41, 5.74) is 3.00. The van der Waals surface area contributed by atoms with Crippen molar-refractivity contribution >= 4 is 34.8 Å². The zero-order valence-electron chi connectivity index (χ0n) is 20.9. The Morgan fingerprint density at radius 1 is 0.919 bits per heavy atom.